The lowest BCUT2D eigenvalue weighted by atomic mass is 10.2. The molecular weight excluding hydrogens is 272 g/mol. The van der Waals surface area contributed by atoms with E-state index < -0.39 is 5.97 Å². The molecule has 2 aromatic rings. The first-order valence-corrected chi connectivity index (χ1v) is 6.11. The molecule has 0 aliphatic rings. The van der Waals surface area contributed by atoms with Gasteiger partial charge >= 0.3 is 5.97 Å². The molecule has 0 radical (unpaired) electrons. The Balaban J connectivity index is 2.14. The zero-order valence-corrected chi connectivity index (χ0v) is 11.6. The van der Waals surface area contributed by atoms with Gasteiger partial charge in [0, 0.05) is 32.2 Å². The van der Waals surface area contributed by atoms with E-state index in [1.54, 1.807) is 12.1 Å². The Morgan fingerprint density at radius 3 is 2.52 bits per heavy atom. The third-order valence-electron chi connectivity index (χ3n) is 2.71. The first kappa shape index (κ1) is 14.4. The number of carboxylic acids is 1. The first-order valence-electron chi connectivity index (χ1n) is 6.11. The van der Waals surface area contributed by atoms with Gasteiger partial charge in [-0.3, -0.25) is 4.79 Å². The number of hydrogen-bond donors (Lipinski definition) is 2. The number of anilines is 2. The van der Waals surface area contributed by atoms with E-state index in [1.165, 1.54) is 24.5 Å². The number of pyridine rings is 2. The number of carboxylic acid groups (broad SMARTS) is 1. The fourth-order valence-electron chi connectivity index (χ4n) is 1.61. The lowest BCUT2D eigenvalue weighted by Gasteiger charge is -2.11. The Bertz CT molecular complexity index is 668. The van der Waals surface area contributed by atoms with Crippen molar-refractivity contribution < 1.29 is 14.7 Å². The molecule has 7 heteroatoms. The third-order valence-corrected chi connectivity index (χ3v) is 2.71. The van der Waals surface area contributed by atoms with Gasteiger partial charge in [-0.05, 0) is 24.3 Å². The number of carbonyl (C=O) groups excluding carboxylic acids is 1. The number of nitrogens with one attached hydrogen (secondary N) is 1. The number of hydrogen-bond acceptors (Lipinski definition) is 5. The van der Waals surface area contributed by atoms with Gasteiger partial charge in [0.15, 0.2) is 0 Å². The molecule has 21 heavy (non-hydrogen) atoms. The second-order valence-electron chi connectivity index (χ2n) is 4.49. The molecule has 0 aliphatic carbocycles. The van der Waals surface area contributed by atoms with Crippen molar-refractivity contribution in [3.05, 3.63) is 47.9 Å². The van der Waals surface area contributed by atoms with E-state index in [9.17, 15) is 9.59 Å². The molecule has 108 valence electrons. The Morgan fingerprint density at radius 2 is 1.95 bits per heavy atom. The van der Waals surface area contributed by atoms with Gasteiger partial charge in [0.25, 0.3) is 5.91 Å². The Morgan fingerprint density at radius 1 is 1.19 bits per heavy atom. The average molecular weight is 286 g/mol. The fourth-order valence-corrected chi connectivity index (χ4v) is 1.61. The summed E-state index contributed by atoms with van der Waals surface area (Å²) in [7, 11) is 3.71. The largest absolute Gasteiger partial charge is 0.477 e. The monoisotopic (exact) mass is 286 g/mol. The quantitative estimate of drug-likeness (QED) is 0.884. The molecule has 2 N–H and O–H groups in total. The average Bonchev–Trinajstić information content (AvgIpc) is 2.47. The summed E-state index contributed by atoms with van der Waals surface area (Å²) in [6.07, 6.45) is 2.79. The van der Waals surface area contributed by atoms with Gasteiger partial charge in [-0.1, -0.05) is 0 Å². The van der Waals surface area contributed by atoms with Crippen LogP contribution in [0.2, 0.25) is 0 Å². The van der Waals surface area contributed by atoms with Gasteiger partial charge in [-0.25, -0.2) is 14.8 Å². The van der Waals surface area contributed by atoms with E-state index >= 15 is 0 Å². The van der Waals surface area contributed by atoms with Crippen molar-refractivity contribution >= 4 is 23.4 Å². The van der Waals surface area contributed by atoms with Gasteiger partial charge < -0.3 is 15.3 Å². The summed E-state index contributed by atoms with van der Waals surface area (Å²) >= 11 is 0. The Labute approximate surface area is 121 Å². The summed E-state index contributed by atoms with van der Waals surface area (Å²) in [6, 6.07) is 6.19. The van der Waals surface area contributed by atoms with Crippen LogP contribution in [0.4, 0.5) is 11.5 Å². The highest BCUT2D eigenvalue weighted by atomic mass is 16.4. The van der Waals surface area contributed by atoms with Crippen LogP contribution in [-0.4, -0.2) is 41.0 Å². The highest BCUT2D eigenvalue weighted by Gasteiger charge is 2.10. The van der Waals surface area contributed by atoms with Gasteiger partial charge in [-0.15, -0.1) is 0 Å². The number of aromatic nitrogens is 2. The number of nitrogens with zero attached hydrogens (tertiary/aromatic N) is 3. The summed E-state index contributed by atoms with van der Waals surface area (Å²) in [5.74, 6) is -0.776. The van der Waals surface area contributed by atoms with Crippen LogP contribution >= 0.6 is 0 Å². The summed E-state index contributed by atoms with van der Waals surface area (Å²) in [4.78, 5) is 32.5. The van der Waals surface area contributed by atoms with Crippen LogP contribution in [0, 0.1) is 0 Å². The zero-order valence-electron chi connectivity index (χ0n) is 11.6. The lowest BCUT2D eigenvalue weighted by molar-refractivity contribution is 0.0690. The lowest BCUT2D eigenvalue weighted by Crippen LogP contribution is -2.15. The fraction of sp³-hybridized carbons (Fsp3) is 0.143. The molecule has 0 saturated heterocycles. The van der Waals surface area contributed by atoms with Crippen molar-refractivity contribution in [3.8, 4) is 0 Å². The Kier molecular flexibility index (Phi) is 4.13. The molecule has 0 fully saturated rings. The predicted octanol–water partition coefficient (Wildman–Crippen LogP) is 1.49. The van der Waals surface area contributed by atoms with Crippen molar-refractivity contribution in [2.45, 2.75) is 0 Å². The van der Waals surface area contributed by atoms with E-state index in [2.05, 4.69) is 15.3 Å². The molecule has 0 saturated carbocycles. The summed E-state index contributed by atoms with van der Waals surface area (Å²) < 4.78 is 0. The van der Waals surface area contributed by atoms with Crippen molar-refractivity contribution in [2.75, 3.05) is 24.3 Å². The molecule has 0 aliphatic heterocycles. The molecule has 2 rings (SSSR count). The van der Waals surface area contributed by atoms with Crippen molar-refractivity contribution in [3.63, 3.8) is 0 Å². The molecule has 7 nitrogen and oxygen atoms in total. The summed E-state index contributed by atoms with van der Waals surface area (Å²) in [5, 5.41) is 11.5. The molecule has 0 atom stereocenters. The summed E-state index contributed by atoms with van der Waals surface area (Å²) in [5.41, 5.74) is 0.618. The molecule has 0 bridgehead atoms. The topological polar surface area (TPSA) is 95.4 Å². The highest BCUT2D eigenvalue weighted by Crippen LogP contribution is 2.12. The van der Waals surface area contributed by atoms with Crippen LogP contribution in [-0.2, 0) is 0 Å². The van der Waals surface area contributed by atoms with Gasteiger partial charge in [0.05, 0.1) is 5.56 Å². The minimum absolute atomic E-state index is 0.131. The van der Waals surface area contributed by atoms with Crippen LogP contribution in [0.15, 0.2) is 36.7 Å². The minimum Gasteiger partial charge on any atom is -0.477 e. The van der Waals surface area contributed by atoms with E-state index in [0.29, 0.717) is 11.3 Å². The zero-order chi connectivity index (χ0) is 15.4. The van der Waals surface area contributed by atoms with Gasteiger partial charge in [-0.2, -0.15) is 0 Å². The first-order chi connectivity index (χ1) is 9.97. The molecule has 0 aromatic carbocycles. The van der Waals surface area contributed by atoms with Crippen molar-refractivity contribution in [1.82, 2.24) is 9.97 Å². The van der Waals surface area contributed by atoms with Crippen LogP contribution in [0.1, 0.15) is 20.8 Å². The SMILES string of the molecule is CN(C)c1ccc(C(=O)Nc2ccnc(C(=O)O)c2)cn1. The van der Waals surface area contributed by atoms with E-state index in [1.807, 2.05) is 19.0 Å². The normalized spacial score (nSPS) is 10.0. The van der Waals surface area contributed by atoms with E-state index in [-0.39, 0.29) is 11.6 Å². The maximum atomic E-state index is 12.0. The van der Waals surface area contributed by atoms with E-state index in [4.69, 9.17) is 5.11 Å². The molecule has 2 heterocycles. The third kappa shape index (κ3) is 3.53. The predicted molar refractivity (Wildman–Crippen MR) is 77.7 cm³/mol. The van der Waals surface area contributed by atoms with Crippen LogP contribution in [0.3, 0.4) is 0 Å². The van der Waals surface area contributed by atoms with Crippen LogP contribution in [0.5, 0.6) is 0 Å². The molecule has 2 aromatic heterocycles. The molecular formula is C14H14N4O3. The molecule has 1 amide bonds. The second-order valence-corrected chi connectivity index (χ2v) is 4.49. The van der Waals surface area contributed by atoms with Crippen molar-refractivity contribution in [2.24, 2.45) is 0 Å². The molecule has 0 spiro atoms. The standard InChI is InChI=1S/C14H14N4O3/c1-18(2)12-4-3-9(8-16-12)13(19)17-10-5-6-15-11(7-10)14(20)21/h3-8H,1-2H3,(H,20,21)(H,15,17,19). The highest BCUT2D eigenvalue weighted by molar-refractivity contribution is 6.04. The maximum Gasteiger partial charge on any atom is 0.354 e. The minimum atomic E-state index is -1.15. The van der Waals surface area contributed by atoms with Crippen molar-refractivity contribution in [1.29, 1.82) is 0 Å². The second kappa shape index (κ2) is 6.00. The van der Waals surface area contributed by atoms with E-state index in [0.717, 1.165) is 5.82 Å². The van der Waals surface area contributed by atoms with Gasteiger partial charge in [0.1, 0.15) is 11.5 Å². The van der Waals surface area contributed by atoms with Crippen LogP contribution in [0.25, 0.3) is 0 Å². The van der Waals surface area contributed by atoms with Gasteiger partial charge in [0.2, 0.25) is 0 Å². The number of carbonyl (C=O) groups is 2. The number of rotatable bonds is 4. The molecule has 0 unspecified atom stereocenters. The summed E-state index contributed by atoms with van der Waals surface area (Å²) in [6.45, 7) is 0. The maximum absolute atomic E-state index is 12.0. The number of amides is 1. The van der Waals surface area contributed by atoms with Crippen LogP contribution < -0.4 is 10.2 Å². The number of aromatic carboxylic acids is 1. The Hall–Kier alpha value is -2.96. The smallest absolute Gasteiger partial charge is 0.354 e.